The molecule has 0 saturated carbocycles. The van der Waals surface area contributed by atoms with Gasteiger partial charge in [-0.25, -0.2) is 4.39 Å². The van der Waals surface area contributed by atoms with Crippen molar-refractivity contribution >= 4 is 21.4 Å². The minimum atomic E-state index is -0.116. The van der Waals surface area contributed by atoms with Gasteiger partial charge in [0, 0.05) is 22.1 Å². The van der Waals surface area contributed by atoms with Crippen LogP contribution >= 0.6 is 11.3 Å². The van der Waals surface area contributed by atoms with Gasteiger partial charge >= 0.3 is 0 Å². The third kappa shape index (κ3) is 1.89. The zero-order chi connectivity index (χ0) is 12.5. The number of thiophene rings is 1. The highest BCUT2D eigenvalue weighted by Gasteiger charge is 2.22. The molecule has 0 radical (unpaired) electrons. The van der Waals surface area contributed by atoms with Crippen molar-refractivity contribution in [3.63, 3.8) is 0 Å². The lowest BCUT2D eigenvalue weighted by Gasteiger charge is -2.06. The fourth-order valence-electron chi connectivity index (χ4n) is 2.47. The van der Waals surface area contributed by atoms with E-state index < -0.39 is 0 Å². The van der Waals surface area contributed by atoms with Crippen molar-refractivity contribution in [1.29, 1.82) is 0 Å². The molecule has 1 aliphatic rings. The molecule has 0 spiro atoms. The molecule has 2 nitrogen and oxygen atoms in total. The van der Waals surface area contributed by atoms with Gasteiger partial charge < -0.3 is 10.1 Å². The lowest BCUT2D eigenvalue weighted by Crippen LogP contribution is -2.15. The Morgan fingerprint density at radius 3 is 3.22 bits per heavy atom. The van der Waals surface area contributed by atoms with Crippen LogP contribution in [-0.2, 0) is 12.8 Å². The van der Waals surface area contributed by atoms with Gasteiger partial charge in [0.25, 0.3) is 0 Å². The average molecular weight is 265 g/mol. The molecule has 0 atom stereocenters. The van der Waals surface area contributed by atoms with Crippen LogP contribution in [0, 0.1) is 5.82 Å². The van der Waals surface area contributed by atoms with Gasteiger partial charge in [-0.3, -0.25) is 0 Å². The summed E-state index contributed by atoms with van der Waals surface area (Å²) in [5.74, 6) is 0.674. The van der Waals surface area contributed by atoms with Gasteiger partial charge in [-0.1, -0.05) is 6.92 Å². The van der Waals surface area contributed by atoms with Crippen molar-refractivity contribution in [2.45, 2.75) is 19.8 Å². The standard InChI is InChI=1S/C14H16FNOS/c1-2-16-5-3-9-8-18-12-7-11(15)10-4-6-17-14(10)13(9)12/h7-8,16H,2-6H2,1H3. The number of likely N-dealkylation sites (N-methyl/N-ethyl adjacent to an activating group) is 1. The third-order valence-electron chi connectivity index (χ3n) is 3.36. The van der Waals surface area contributed by atoms with Crippen LogP contribution in [0.3, 0.4) is 0 Å². The second-order valence-corrected chi connectivity index (χ2v) is 5.41. The van der Waals surface area contributed by atoms with Crippen molar-refractivity contribution in [1.82, 2.24) is 5.32 Å². The normalized spacial score (nSPS) is 13.9. The Labute approximate surface area is 110 Å². The Balaban J connectivity index is 2.04. The summed E-state index contributed by atoms with van der Waals surface area (Å²) in [5, 5.41) is 6.58. The molecule has 1 aromatic heterocycles. The molecule has 96 valence electrons. The second kappa shape index (κ2) is 4.86. The SMILES string of the molecule is CCNCCc1csc2cc(F)c3c(c12)OCC3. The predicted molar refractivity (Wildman–Crippen MR) is 73.2 cm³/mol. The number of hydrogen-bond acceptors (Lipinski definition) is 3. The molecule has 4 heteroatoms. The summed E-state index contributed by atoms with van der Waals surface area (Å²) in [4.78, 5) is 0. The van der Waals surface area contributed by atoms with Crippen molar-refractivity contribution < 1.29 is 9.13 Å². The largest absolute Gasteiger partial charge is 0.492 e. The number of halogens is 1. The molecular weight excluding hydrogens is 249 g/mol. The van der Waals surface area contributed by atoms with Crippen LogP contribution in [0.2, 0.25) is 0 Å². The summed E-state index contributed by atoms with van der Waals surface area (Å²) in [5.41, 5.74) is 2.03. The monoisotopic (exact) mass is 265 g/mol. The van der Waals surface area contributed by atoms with Crippen molar-refractivity contribution in [3.8, 4) is 5.75 Å². The van der Waals surface area contributed by atoms with E-state index in [1.165, 1.54) is 5.56 Å². The van der Waals surface area contributed by atoms with Crippen LogP contribution in [0.15, 0.2) is 11.4 Å². The van der Waals surface area contributed by atoms with Crippen molar-refractivity contribution in [2.24, 2.45) is 0 Å². The number of benzene rings is 1. The number of rotatable bonds is 4. The maximum Gasteiger partial charge on any atom is 0.134 e. The van der Waals surface area contributed by atoms with Crippen LogP contribution in [0.5, 0.6) is 5.75 Å². The lowest BCUT2D eigenvalue weighted by molar-refractivity contribution is 0.360. The zero-order valence-corrected chi connectivity index (χ0v) is 11.2. The smallest absolute Gasteiger partial charge is 0.134 e. The van der Waals surface area contributed by atoms with E-state index in [0.717, 1.165) is 40.9 Å². The molecule has 2 aromatic rings. The fraction of sp³-hybridized carbons (Fsp3) is 0.429. The Kier molecular flexibility index (Phi) is 3.22. The van der Waals surface area contributed by atoms with Gasteiger partial charge in [0.05, 0.1) is 6.61 Å². The van der Waals surface area contributed by atoms with Gasteiger partial charge in [0.15, 0.2) is 0 Å². The number of nitrogens with one attached hydrogen (secondary N) is 1. The van der Waals surface area contributed by atoms with E-state index in [-0.39, 0.29) is 5.82 Å². The summed E-state index contributed by atoms with van der Waals surface area (Å²) in [6.45, 7) is 4.63. The first-order valence-electron chi connectivity index (χ1n) is 6.36. The molecule has 0 aliphatic carbocycles. The van der Waals surface area contributed by atoms with E-state index in [9.17, 15) is 4.39 Å². The highest BCUT2D eigenvalue weighted by Crippen LogP contribution is 2.41. The topological polar surface area (TPSA) is 21.3 Å². The first kappa shape index (κ1) is 11.9. The minimum absolute atomic E-state index is 0.116. The predicted octanol–water partition coefficient (Wildman–Crippen LogP) is 3.13. The van der Waals surface area contributed by atoms with Crippen molar-refractivity contribution in [3.05, 3.63) is 28.4 Å². The van der Waals surface area contributed by atoms with Gasteiger partial charge in [0.2, 0.25) is 0 Å². The number of ether oxygens (including phenoxy) is 1. The molecule has 18 heavy (non-hydrogen) atoms. The molecule has 0 bridgehead atoms. The van der Waals surface area contributed by atoms with Gasteiger partial charge in [-0.2, -0.15) is 0 Å². The van der Waals surface area contributed by atoms with E-state index in [2.05, 4.69) is 17.6 Å². The molecular formula is C14H16FNOS. The Morgan fingerprint density at radius 2 is 2.39 bits per heavy atom. The molecule has 0 amide bonds. The first-order valence-corrected chi connectivity index (χ1v) is 7.24. The fourth-order valence-corrected chi connectivity index (χ4v) is 3.49. The maximum absolute atomic E-state index is 13.9. The van der Waals surface area contributed by atoms with E-state index in [0.29, 0.717) is 13.0 Å². The van der Waals surface area contributed by atoms with Crippen molar-refractivity contribution in [2.75, 3.05) is 19.7 Å². The van der Waals surface area contributed by atoms with E-state index >= 15 is 0 Å². The van der Waals surface area contributed by atoms with Crippen LogP contribution in [0.25, 0.3) is 10.1 Å². The van der Waals surface area contributed by atoms with E-state index in [4.69, 9.17) is 4.74 Å². The molecule has 1 aliphatic heterocycles. The Hall–Kier alpha value is -1.13. The van der Waals surface area contributed by atoms with Crippen LogP contribution in [0.4, 0.5) is 4.39 Å². The lowest BCUT2D eigenvalue weighted by atomic mass is 10.0. The quantitative estimate of drug-likeness (QED) is 0.858. The Morgan fingerprint density at radius 1 is 1.50 bits per heavy atom. The Bertz CT molecular complexity index is 579. The van der Waals surface area contributed by atoms with Gasteiger partial charge in [-0.15, -0.1) is 11.3 Å². The first-order chi connectivity index (χ1) is 8.81. The molecule has 0 saturated heterocycles. The van der Waals surface area contributed by atoms with Crippen LogP contribution < -0.4 is 10.1 Å². The number of fused-ring (bicyclic) bond motifs is 3. The summed E-state index contributed by atoms with van der Waals surface area (Å²) >= 11 is 1.60. The van der Waals surface area contributed by atoms with Gasteiger partial charge in [0.1, 0.15) is 11.6 Å². The molecule has 0 fully saturated rings. The highest BCUT2D eigenvalue weighted by molar-refractivity contribution is 7.17. The number of hydrogen-bond donors (Lipinski definition) is 1. The maximum atomic E-state index is 13.9. The molecule has 2 heterocycles. The van der Waals surface area contributed by atoms with Crippen LogP contribution in [0.1, 0.15) is 18.1 Å². The molecule has 3 rings (SSSR count). The molecule has 1 N–H and O–H groups in total. The average Bonchev–Trinajstić information content (AvgIpc) is 2.96. The molecule has 0 unspecified atom stereocenters. The summed E-state index contributed by atoms with van der Waals surface area (Å²) < 4.78 is 20.5. The minimum Gasteiger partial charge on any atom is -0.492 e. The summed E-state index contributed by atoms with van der Waals surface area (Å²) in [6, 6.07) is 1.66. The van der Waals surface area contributed by atoms with Crippen LogP contribution in [-0.4, -0.2) is 19.7 Å². The molecule has 1 aromatic carbocycles. The second-order valence-electron chi connectivity index (χ2n) is 4.50. The summed E-state index contributed by atoms with van der Waals surface area (Å²) in [7, 11) is 0. The summed E-state index contributed by atoms with van der Waals surface area (Å²) in [6.07, 6.45) is 1.66. The highest BCUT2D eigenvalue weighted by atomic mass is 32.1. The van der Waals surface area contributed by atoms with Gasteiger partial charge in [-0.05, 0) is 36.5 Å². The zero-order valence-electron chi connectivity index (χ0n) is 10.4. The van der Waals surface area contributed by atoms with E-state index in [1.54, 1.807) is 17.4 Å². The van der Waals surface area contributed by atoms with E-state index in [1.807, 2.05) is 0 Å². The third-order valence-corrected chi connectivity index (χ3v) is 4.34.